The Morgan fingerprint density at radius 2 is 2.06 bits per heavy atom. The van der Waals surface area contributed by atoms with E-state index in [2.05, 4.69) is 23.2 Å². The topological polar surface area (TPSA) is 39.1 Å². The van der Waals surface area contributed by atoms with Gasteiger partial charge in [0.15, 0.2) is 0 Å². The summed E-state index contributed by atoms with van der Waals surface area (Å²) in [5, 5.41) is 12.2. The van der Waals surface area contributed by atoms with E-state index in [0.717, 1.165) is 18.8 Å². The molecule has 1 fully saturated rings. The minimum atomic E-state index is -0.341. The molecule has 0 aromatic heterocycles. The lowest BCUT2D eigenvalue weighted by Gasteiger charge is -2.23. The Morgan fingerprint density at radius 3 is 2.56 bits per heavy atom. The van der Waals surface area contributed by atoms with E-state index in [1.807, 2.05) is 14.0 Å². The number of hydrogen-bond donors (Lipinski definition) is 1. The number of nitrogens with one attached hydrogen (secondary N) is 1. The second kappa shape index (κ2) is 7.76. The lowest BCUT2D eigenvalue weighted by Crippen LogP contribution is -2.38. The molecule has 1 aliphatic carbocycles. The van der Waals surface area contributed by atoms with Gasteiger partial charge in [0.2, 0.25) is 0 Å². The summed E-state index contributed by atoms with van der Waals surface area (Å²) in [5.41, 5.74) is -0.341. The molecular formula is C15H29N3. The summed E-state index contributed by atoms with van der Waals surface area (Å²) < 4.78 is 0. The van der Waals surface area contributed by atoms with Crippen molar-refractivity contribution in [2.75, 3.05) is 26.7 Å². The van der Waals surface area contributed by atoms with Crippen molar-refractivity contribution in [2.24, 2.45) is 5.92 Å². The minimum Gasteiger partial charge on any atom is -0.303 e. The molecule has 1 rings (SSSR count). The van der Waals surface area contributed by atoms with Crippen molar-refractivity contribution >= 4 is 0 Å². The van der Waals surface area contributed by atoms with Crippen LogP contribution in [0.2, 0.25) is 0 Å². The molecule has 1 atom stereocenters. The first-order valence-electron chi connectivity index (χ1n) is 7.46. The third kappa shape index (κ3) is 5.84. The Bertz CT molecular complexity index is 267. The molecule has 0 aliphatic heterocycles. The van der Waals surface area contributed by atoms with Crippen LogP contribution < -0.4 is 5.32 Å². The van der Waals surface area contributed by atoms with Gasteiger partial charge >= 0.3 is 0 Å². The van der Waals surface area contributed by atoms with Gasteiger partial charge in [-0.05, 0) is 71.5 Å². The quantitative estimate of drug-likeness (QED) is 0.607. The first kappa shape index (κ1) is 15.5. The molecule has 18 heavy (non-hydrogen) atoms. The molecule has 3 heteroatoms. The van der Waals surface area contributed by atoms with Gasteiger partial charge in [-0.3, -0.25) is 0 Å². The van der Waals surface area contributed by atoms with Crippen LogP contribution in [0.1, 0.15) is 52.4 Å². The summed E-state index contributed by atoms with van der Waals surface area (Å²) in [6, 6.07) is 2.36. The Hall–Kier alpha value is -0.590. The van der Waals surface area contributed by atoms with E-state index in [1.54, 1.807) is 0 Å². The fourth-order valence-electron chi connectivity index (χ4n) is 2.33. The summed E-state index contributed by atoms with van der Waals surface area (Å²) in [7, 11) is 1.87. The largest absolute Gasteiger partial charge is 0.303 e. The highest BCUT2D eigenvalue weighted by atomic mass is 15.1. The monoisotopic (exact) mass is 251 g/mol. The molecular weight excluding hydrogens is 222 g/mol. The van der Waals surface area contributed by atoms with E-state index in [9.17, 15) is 0 Å². The molecule has 1 saturated carbocycles. The zero-order valence-corrected chi connectivity index (χ0v) is 12.3. The standard InChI is InChI=1S/C15H29N3/c1-4-10-18(12-14-7-8-14)11-6-5-9-15(2,13-16)17-3/h14,17H,4-12H2,1-3H3. The molecule has 1 unspecified atom stereocenters. The molecule has 3 nitrogen and oxygen atoms in total. The molecule has 0 amide bonds. The predicted octanol–water partition coefficient (Wildman–Crippen LogP) is 2.78. The summed E-state index contributed by atoms with van der Waals surface area (Å²) in [5.74, 6) is 0.984. The zero-order valence-electron chi connectivity index (χ0n) is 12.3. The SMILES string of the molecule is CCCN(CCCCC(C)(C#N)NC)CC1CC1. The zero-order chi connectivity index (χ0) is 13.4. The molecule has 0 spiro atoms. The van der Waals surface area contributed by atoms with Crippen molar-refractivity contribution in [3.8, 4) is 6.07 Å². The Labute approximate surface area is 113 Å². The molecule has 0 heterocycles. The maximum Gasteiger partial charge on any atom is 0.103 e. The number of rotatable bonds is 10. The van der Waals surface area contributed by atoms with Crippen molar-refractivity contribution in [2.45, 2.75) is 57.9 Å². The van der Waals surface area contributed by atoms with Crippen LogP contribution in [0.25, 0.3) is 0 Å². The summed E-state index contributed by atoms with van der Waals surface area (Å²) in [4.78, 5) is 2.61. The highest BCUT2D eigenvalue weighted by molar-refractivity contribution is 5.02. The number of nitriles is 1. The molecule has 104 valence electrons. The van der Waals surface area contributed by atoms with Gasteiger partial charge in [0.05, 0.1) is 6.07 Å². The number of hydrogen-bond acceptors (Lipinski definition) is 3. The average Bonchev–Trinajstić information content (AvgIpc) is 3.18. The fraction of sp³-hybridized carbons (Fsp3) is 0.933. The van der Waals surface area contributed by atoms with Crippen molar-refractivity contribution < 1.29 is 0 Å². The van der Waals surface area contributed by atoms with Crippen molar-refractivity contribution in [1.29, 1.82) is 5.26 Å². The van der Waals surface area contributed by atoms with Gasteiger partial charge in [0.25, 0.3) is 0 Å². The average molecular weight is 251 g/mol. The molecule has 0 saturated heterocycles. The number of unbranched alkanes of at least 4 members (excludes halogenated alkanes) is 1. The van der Waals surface area contributed by atoms with Gasteiger partial charge in [0, 0.05) is 6.54 Å². The lowest BCUT2D eigenvalue weighted by atomic mass is 9.97. The van der Waals surface area contributed by atoms with E-state index in [-0.39, 0.29) is 5.54 Å². The van der Waals surface area contributed by atoms with E-state index in [1.165, 1.54) is 45.3 Å². The maximum atomic E-state index is 9.08. The first-order chi connectivity index (χ1) is 8.63. The number of nitrogens with zero attached hydrogens (tertiary/aromatic N) is 2. The highest BCUT2D eigenvalue weighted by Crippen LogP contribution is 2.29. The van der Waals surface area contributed by atoms with E-state index < -0.39 is 0 Å². The van der Waals surface area contributed by atoms with E-state index in [0.29, 0.717) is 0 Å². The van der Waals surface area contributed by atoms with Crippen LogP contribution in [0.15, 0.2) is 0 Å². The smallest absolute Gasteiger partial charge is 0.103 e. The van der Waals surface area contributed by atoms with Crippen LogP contribution in [0, 0.1) is 17.2 Å². The third-order valence-electron chi connectivity index (χ3n) is 3.95. The van der Waals surface area contributed by atoms with Crippen LogP contribution in [0.5, 0.6) is 0 Å². The Morgan fingerprint density at radius 1 is 1.33 bits per heavy atom. The predicted molar refractivity (Wildman–Crippen MR) is 76.4 cm³/mol. The van der Waals surface area contributed by atoms with Gasteiger partial charge < -0.3 is 10.2 Å². The molecule has 1 aliphatic rings. The van der Waals surface area contributed by atoms with Crippen LogP contribution in [-0.4, -0.2) is 37.1 Å². The van der Waals surface area contributed by atoms with Crippen molar-refractivity contribution in [3.05, 3.63) is 0 Å². The fourth-order valence-corrected chi connectivity index (χ4v) is 2.33. The van der Waals surface area contributed by atoms with E-state index >= 15 is 0 Å². The van der Waals surface area contributed by atoms with Crippen molar-refractivity contribution in [1.82, 2.24) is 10.2 Å². The molecule has 0 aromatic carbocycles. The molecule has 0 aromatic rings. The third-order valence-corrected chi connectivity index (χ3v) is 3.95. The van der Waals surface area contributed by atoms with Crippen LogP contribution in [0.3, 0.4) is 0 Å². The van der Waals surface area contributed by atoms with Gasteiger partial charge in [-0.1, -0.05) is 6.92 Å². The second-order valence-electron chi connectivity index (χ2n) is 5.90. The highest BCUT2D eigenvalue weighted by Gasteiger charge is 2.24. The van der Waals surface area contributed by atoms with Crippen LogP contribution in [0.4, 0.5) is 0 Å². The molecule has 1 N–H and O–H groups in total. The Balaban J connectivity index is 2.15. The lowest BCUT2D eigenvalue weighted by molar-refractivity contribution is 0.254. The van der Waals surface area contributed by atoms with E-state index in [4.69, 9.17) is 5.26 Å². The van der Waals surface area contributed by atoms with Gasteiger partial charge in [-0.25, -0.2) is 0 Å². The molecule has 0 bridgehead atoms. The summed E-state index contributed by atoms with van der Waals surface area (Å²) >= 11 is 0. The molecule has 0 radical (unpaired) electrons. The summed E-state index contributed by atoms with van der Waals surface area (Å²) in [6.45, 7) is 7.98. The van der Waals surface area contributed by atoms with Gasteiger partial charge in [-0.15, -0.1) is 0 Å². The van der Waals surface area contributed by atoms with Gasteiger partial charge in [-0.2, -0.15) is 5.26 Å². The van der Waals surface area contributed by atoms with Crippen LogP contribution in [-0.2, 0) is 0 Å². The normalized spacial score (nSPS) is 18.6. The second-order valence-corrected chi connectivity index (χ2v) is 5.90. The minimum absolute atomic E-state index is 0.341. The maximum absolute atomic E-state index is 9.08. The van der Waals surface area contributed by atoms with Gasteiger partial charge in [0.1, 0.15) is 5.54 Å². The Kier molecular flexibility index (Phi) is 6.67. The summed E-state index contributed by atoms with van der Waals surface area (Å²) in [6.07, 6.45) is 7.42. The first-order valence-corrected chi connectivity index (χ1v) is 7.46. The van der Waals surface area contributed by atoms with Crippen molar-refractivity contribution in [3.63, 3.8) is 0 Å². The van der Waals surface area contributed by atoms with Crippen LogP contribution >= 0.6 is 0 Å².